The van der Waals surface area contributed by atoms with Gasteiger partial charge in [-0.05, 0) is 5.56 Å². The van der Waals surface area contributed by atoms with Gasteiger partial charge in [0.15, 0.2) is 0 Å². The van der Waals surface area contributed by atoms with Gasteiger partial charge in [-0.2, -0.15) is 4.18 Å². The van der Waals surface area contributed by atoms with Crippen LogP contribution in [0, 0.1) is 0 Å². The molecule has 0 unspecified atom stereocenters. The zero-order chi connectivity index (χ0) is 8.81. The molecule has 0 aliphatic carbocycles. The van der Waals surface area contributed by atoms with E-state index in [0.717, 1.165) is 13.0 Å². The summed E-state index contributed by atoms with van der Waals surface area (Å²) in [6.07, 6.45) is 5.20. The Balaban J connectivity index is 2.25. The summed E-state index contributed by atoms with van der Waals surface area (Å²) in [5.41, 5.74) is 1.35. The van der Waals surface area contributed by atoms with E-state index in [9.17, 15) is 0 Å². The molecular weight excluding hydrogens is 168 g/mol. The van der Waals surface area contributed by atoms with Crippen molar-refractivity contribution in [2.45, 2.75) is 6.42 Å². The van der Waals surface area contributed by atoms with Crippen molar-refractivity contribution < 1.29 is 4.18 Å². The molecule has 1 aromatic rings. The molecular formula is C10H15OS+. The van der Waals surface area contributed by atoms with Crippen LogP contribution in [0.3, 0.4) is 0 Å². The molecule has 12 heavy (non-hydrogen) atoms. The molecule has 0 bridgehead atoms. The molecule has 0 aromatic heterocycles. The van der Waals surface area contributed by atoms with Crippen LogP contribution in [0.4, 0.5) is 0 Å². The highest BCUT2D eigenvalue weighted by Gasteiger charge is 2.02. The zero-order valence-corrected chi connectivity index (χ0v) is 8.43. The molecule has 0 saturated carbocycles. The van der Waals surface area contributed by atoms with Crippen molar-refractivity contribution in [2.75, 3.05) is 19.1 Å². The maximum Gasteiger partial charge on any atom is 0.140 e. The molecule has 0 radical (unpaired) electrons. The SMILES string of the molecule is C[S+](C)OCCc1ccccc1. The molecule has 0 spiro atoms. The third-order valence-electron chi connectivity index (χ3n) is 1.55. The Labute approximate surface area is 77.3 Å². The molecule has 0 N–H and O–H groups in total. The standard InChI is InChI=1S/C10H15OS/c1-12(2)11-9-8-10-6-4-3-5-7-10/h3-7H,8-9H2,1-2H3/q+1. The highest BCUT2D eigenvalue weighted by molar-refractivity contribution is 7.90. The molecule has 0 saturated heterocycles. The fourth-order valence-corrected chi connectivity index (χ4v) is 1.39. The number of rotatable bonds is 4. The van der Waals surface area contributed by atoms with Crippen LogP contribution in [0.15, 0.2) is 30.3 Å². The van der Waals surface area contributed by atoms with Gasteiger partial charge in [-0.15, -0.1) is 0 Å². The van der Waals surface area contributed by atoms with Crippen LogP contribution in [0.25, 0.3) is 0 Å². The van der Waals surface area contributed by atoms with Crippen molar-refractivity contribution in [2.24, 2.45) is 0 Å². The van der Waals surface area contributed by atoms with Crippen molar-refractivity contribution >= 4 is 11.2 Å². The minimum atomic E-state index is 0.111. The summed E-state index contributed by atoms with van der Waals surface area (Å²) >= 11 is 0.111. The van der Waals surface area contributed by atoms with Crippen LogP contribution in [-0.2, 0) is 21.8 Å². The van der Waals surface area contributed by atoms with Gasteiger partial charge in [-0.3, -0.25) is 0 Å². The lowest BCUT2D eigenvalue weighted by atomic mass is 10.2. The lowest BCUT2D eigenvalue weighted by molar-refractivity contribution is 0.370. The van der Waals surface area contributed by atoms with Crippen molar-refractivity contribution in [3.63, 3.8) is 0 Å². The molecule has 1 rings (SSSR count). The Kier molecular flexibility index (Phi) is 4.19. The van der Waals surface area contributed by atoms with Gasteiger partial charge in [0.25, 0.3) is 0 Å². The summed E-state index contributed by atoms with van der Waals surface area (Å²) in [7, 11) is 0. The van der Waals surface area contributed by atoms with Crippen LogP contribution in [0.2, 0.25) is 0 Å². The molecule has 1 aromatic carbocycles. The second-order valence-corrected chi connectivity index (χ2v) is 4.52. The van der Waals surface area contributed by atoms with Gasteiger partial charge in [0, 0.05) is 6.42 Å². The predicted octanol–water partition coefficient (Wildman–Crippen LogP) is 2.04. The van der Waals surface area contributed by atoms with Crippen molar-refractivity contribution in [3.05, 3.63) is 35.9 Å². The molecule has 1 nitrogen and oxygen atoms in total. The maximum absolute atomic E-state index is 5.47. The van der Waals surface area contributed by atoms with E-state index in [1.165, 1.54) is 5.56 Å². The van der Waals surface area contributed by atoms with Gasteiger partial charge >= 0.3 is 0 Å². The van der Waals surface area contributed by atoms with Crippen LogP contribution >= 0.6 is 0 Å². The van der Waals surface area contributed by atoms with Gasteiger partial charge in [-0.25, -0.2) is 0 Å². The molecule has 0 fully saturated rings. The van der Waals surface area contributed by atoms with E-state index in [1.54, 1.807) is 0 Å². The Bertz CT molecular complexity index is 208. The third-order valence-corrected chi connectivity index (χ3v) is 2.19. The van der Waals surface area contributed by atoms with Crippen LogP contribution in [0.5, 0.6) is 0 Å². The van der Waals surface area contributed by atoms with Crippen LogP contribution in [0.1, 0.15) is 5.56 Å². The summed E-state index contributed by atoms with van der Waals surface area (Å²) in [6, 6.07) is 10.4. The second-order valence-electron chi connectivity index (χ2n) is 2.80. The third kappa shape index (κ3) is 3.79. The first-order valence-corrected chi connectivity index (χ1v) is 6.00. The van der Waals surface area contributed by atoms with Crippen LogP contribution < -0.4 is 0 Å². The van der Waals surface area contributed by atoms with E-state index in [2.05, 4.69) is 36.8 Å². The highest BCUT2D eigenvalue weighted by atomic mass is 32.2. The van der Waals surface area contributed by atoms with E-state index in [-0.39, 0.29) is 11.2 Å². The largest absolute Gasteiger partial charge is 0.174 e. The maximum atomic E-state index is 5.47. The Morgan fingerprint density at radius 1 is 1.17 bits per heavy atom. The summed E-state index contributed by atoms with van der Waals surface area (Å²) < 4.78 is 5.47. The van der Waals surface area contributed by atoms with E-state index < -0.39 is 0 Å². The first-order valence-electron chi connectivity index (χ1n) is 4.04. The lowest BCUT2D eigenvalue weighted by Gasteiger charge is -1.98. The van der Waals surface area contributed by atoms with Gasteiger partial charge in [0.1, 0.15) is 30.3 Å². The second kappa shape index (κ2) is 5.22. The molecule has 0 aliphatic rings. The summed E-state index contributed by atoms with van der Waals surface area (Å²) in [5, 5.41) is 0. The minimum absolute atomic E-state index is 0.111. The lowest BCUT2D eigenvalue weighted by Crippen LogP contribution is -2.04. The normalized spacial score (nSPS) is 10.6. The fourth-order valence-electron chi connectivity index (χ4n) is 0.971. The first-order chi connectivity index (χ1) is 5.79. The molecule has 0 atom stereocenters. The van der Waals surface area contributed by atoms with E-state index in [0.29, 0.717) is 0 Å². The first kappa shape index (κ1) is 9.62. The Morgan fingerprint density at radius 3 is 2.42 bits per heavy atom. The Morgan fingerprint density at radius 2 is 1.83 bits per heavy atom. The summed E-state index contributed by atoms with van der Waals surface area (Å²) in [5.74, 6) is 0. The summed E-state index contributed by atoms with van der Waals surface area (Å²) in [4.78, 5) is 0. The monoisotopic (exact) mass is 183 g/mol. The van der Waals surface area contributed by atoms with Gasteiger partial charge < -0.3 is 0 Å². The Hall–Kier alpha value is -0.470. The average molecular weight is 183 g/mol. The van der Waals surface area contributed by atoms with Crippen molar-refractivity contribution in [3.8, 4) is 0 Å². The minimum Gasteiger partial charge on any atom is -0.174 e. The fraction of sp³-hybridized carbons (Fsp3) is 0.400. The number of hydrogen-bond donors (Lipinski definition) is 0. The molecule has 0 heterocycles. The van der Waals surface area contributed by atoms with Gasteiger partial charge in [0.2, 0.25) is 0 Å². The topological polar surface area (TPSA) is 9.23 Å². The number of benzene rings is 1. The molecule has 2 heteroatoms. The smallest absolute Gasteiger partial charge is 0.140 e. The van der Waals surface area contributed by atoms with E-state index >= 15 is 0 Å². The molecule has 66 valence electrons. The van der Waals surface area contributed by atoms with E-state index in [4.69, 9.17) is 4.18 Å². The van der Waals surface area contributed by atoms with Crippen molar-refractivity contribution in [1.29, 1.82) is 0 Å². The predicted molar refractivity (Wildman–Crippen MR) is 55.3 cm³/mol. The zero-order valence-electron chi connectivity index (χ0n) is 7.62. The molecule has 0 aliphatic heterocycles. The van der Waals surface area contributed by atoms with Crippen molar-refractivity contribution in [1.82, 2.24) is 0 Å². The van der Waals surface area contributed by atoms with Gasteiger partial charge in [0.05, 0.1) is 0 Å². The van der Waals surface area contributed by atoms with E-state index in [1.807, 2.05) is 6.07 Å². The molecule has 0 amide bonds. The summed E-state index contributed by atoms with van der Waals surface area (Å²) in [6.45, 7) is 0.833. The highest BCUT2D eigenvalue weighted by Crippen LogP contribution is 2.00. The van der Waals surface area contributed by atoms with Crippen LogP contribution in [-0.4, -0.2) is 19.1 Å². The number of hydrogen-bond acceptors (Lipinski definition) is 1. The van der Waals surface area contributed by atoms with Gasteiger partial charge in [-0.1, -0.05) is 30.3 Å². The quantitative estimate of drug-likeness (QED) is 0.649. The average Bonchev–Trinajstić information content (AvgIpc) is 2.05.